The largest absolute Gasteiger partial charge is 0.378 e. The van der Waals surface area contributed by atoms with Crippen molar-refractivity contribution < 1.29 is 4.79 Å². The van der Waals surface area contributed by atoms with Crippen LogP contribution >= 0.6 is 11.8 Å². The van der Waals surface area contributed by atoms with Gasteiger partial charge in [-0.15, -0.1) is 16.8 Å². The van der Waals surface area contributed by atoms with Crippen LogP contribution in [0.4, 0.5) is 5.69 Å². The molecule has 0 aliphatic carbocycles. The third kappa shape index (κ3) is 6.29. The van der Waals surface area contributed by atoms with Crippen LogP contribution in [0.15, 0.2) is 83.6 Å². The van der Waals surface area contributed by atoms with Crippen molar-refractivity contribution in [1.82, 2.24) is 20.2 Å². The summed E-state index contributed by atoms with van der Waals surface area (Å²) in [7, 11) is 0. The molecule has 0 saturated heterocycles. The van der Waals surface area contributed by atoms with E-state index in [1.54, 1.807) is 6.08 Å². The normalized spacial score (nSPS) is 12.3. The SMILES string of the molecule is C=CCn1c(CNc2ccccc2)nnc1S[C@@H](C)C(=O)NN=C(C)c1ccccc1. The number of hydrazone groups is 1. The van der Waals surface area contributed by atoms with Gasteiger partial charge in [0.25, 0.3) is 5.91 Å². The summed E-state index contributed by atoms with van der Waals surface area (Å²) in [6.07, 6.45) is 1.79. The molecule has 0 bridgehead atoms. The molecule has 0 unspecified atom stereocenters. The lowest BCUT2D eigenvalue weighted by Crippen LogP contribution is -2.28. The molecule has 3 rings (SSSR count). The summed E-state index contributed by atoms with van der Waals surface area (Å²) in [6, 6.07) is 19.6. The van der Waals surface area contributed by atoms with E-state index in [0.29, 0.717) is 18.2 Å². The minimum Gasteiger partial charge on any atom is -0.378 e. The van der Waals surface area contributed by atoms with Gasteiger partial charge in [0, 0.05) is 12.2 Å². The van der Waals surface area contributed by atoms with Gasteiger partial charge in [-0.3, -0.25) is 4.79 Å². The van der Waals surface area contributed by atoms with Crippen molar-refractivity contribution in [3.05, 3.63) is 84.7 Å². The van der Waals surface area contributed by atoms with Gasteiger partial charge in [0.2, 0.25) is 0 Å². The van der Waals surface area contributed by atoms with Crippen LogP contribution in [0.25, 0.3) is 0 Å². The number of rotatable bonds is 10. The standard InChI is InChI=1S/C23H26N6OS/c1-4-15-29-21(16-24-20-13-9-6-10-14-20)26-28-23(29)31-18(3)22(30)27-25-17(2)19-11-7-5-8-12-19/h4-14,18,24H,1,15-16H2,2-3H3,(H,27,30)/t18-/m0/s1. The lowest BCUT2D eigenvalue weighted by molar-refractivity contribution is -0.120. The number of nitrogens with one attached hydrogen (secondary N) is 2. The van der Waals surface area contributed by atoms with Crippen molar-refractivity contribution in [1.29, 1.82) is 0 Å². The van der Waals surface area contributed by atoms with E-state index in [1.807, 2.05) is 79.1 Å². The molecule has 3 aromatic rings. The zero-order chi connectivity index (χ0) is 22.1. The van der Waals surface area contributed by atoms with E-state index in [-0.39, 0.29) is 5.91 Å². The topological polar surface area (TPSA) is 84.2 Å². The van der Waals surface area contributed by atoms with Crippen LogP contribution < -0.4 is 10.7 Å². The van der Waals surface area contributed by atoms with Crippen LogP contribution in [0.3, 0.4) is 0 Å². The average Bonchev–Trinajstić information content (AvgIpc) is 3.18. The van der Waals surface area contributed by atoms with Gasteiger partial charge >= 0.3 is 0 Å². The number of anilines is 1. The molecule has 2 N–H and O–H groups in total. The molecule has 0 aliphatic heterocycles. The third-order valence-electron chi connectivity index (χ3n) is 4.51. The van der Waals surface area contributed by atoms with E-state index >= 15 is 0 Å². The molecular weight excluding hydrogens is 408 g/mol. The number of carbonyl (C=O) groups is 1. The number of para-hydroxylation sites is 1. The van der Waals surface area contributed by atoms with Gasteiger partial charge in [0.1, 0.15) is 0 Å². The van der Waals surface area contributed by atoms with Gasteiger partial charge < -0.3 is 9.88 Å². The van der Waals surface area contributed by atoms with Gasteiger partial charge in [-0.1, -0.05) is 66.4 Å². The summed E-state index contributed by atoms with van der Waals surface area (Å²) in [4.78, 5) is 12.5. The fourth-order valence-corrected chi connectivity index (χ4v) is 3.64. The minimum atomic E-state index is -0.393. The molecule has 8 heteroatoms. The molecular formula is C23H26N6OS. The van der Waals surface area contributed by atoms with Crippen LogP contribution in [0, 0.1) is 0 Å². The average molecular weight is 435 g/mol. The van der Waals surface area contributed by atoms with E-state index in [4.69, 9.17) is 0 Å². The lowest BCUT2D eigenvalue weighted by atomic mass is 10.1. The lowest BCUT2D eigenvalue weighted by Gasteiger charge is -2.12. The van der Waals surface area contributed by atoms with Gasteiger partial charge in [-0.25, -0.2) is 5.43 Å². The Kier molecular flexibility index (Phi) is 8.00. The maximum atomic E-state index is 12.5. The zero-order valence-corrected chi connectivity index (χ0v) is 18.5. The highest BCUT2D eigenvalue weighted by Crippen LogP contribution is 2.23. The first-order valence-corrected chi connectivity index (χ1v) is 10.8. The molecule has 0 radical (unpaired) electrons. The molecule has 7 nitrogen and oxygen atoms in total. The maximum absolute atomic E-state index is 12.5. The molecule has 1 atom stereocenters. The Morgan fingerprint density at radius 1 is 1.16 bits per heavy atom. The first kappa shape index (κ1) is 22.3. The molecule has 31 heavy (non-hydrogen) atoms. The second-order valence-electron chi connectivity index (χ2n) is 6.82. The number of carbonyl (C=O) groups excluding carboxylic acids is 1. The summed E-state index contributed by atoms with van der Waals surface area (Å²) in [5.41, 5.74) is 5.36. The third-order valence-corrected chi connectivity index (χ3v) is 5.59. The fraction of sp³-hybridized carbons (Fsp3) is 0.217. The van der Waals surface area contributed by atoms with Crippen molar-refractivity contribution in [2.24, 2.45) is 5.10 Å². The Bertz CT molecular complexity index is 1030. The molecule has 0 saturated carbocycles. The van der Waals surface area contributed by atoms with Crippen LogP contribution in [-0.2, 0) is 17.9 Å². The monoisotopic (exact) mass is 434 g/mol. The Hall–Kier alpha value is -3.39. The molecule has 0 aliphatic rings. The van der Waals surface area contributed by atoms with Gasteiger partial charge in [0.05, 0.1) is 17.5 Å². The Balaban J connectivity index is 1.63. The number of nitrogens with zero attached hydrogens (tertiary/aromatic N) is 4. The minimum absolute atomic E-state index is 0.197. The summed E-state index contributed by atoms with van der Waals surface area (Å²) >= 11 is 1.34. The van der Waals surface area contributed by atoms with Crippen molar-refractivity contribution in [2.45, 2.75) is 37.3 Å². The maximum Gasteiger partial charge on any atom is 0.253 e. The number of aromatic nitrogens is 3. The van der Waals surface area contributed by atoms with Gasteiger partial charge in [-0.05, 0) is 31.5 Å². The quantitative estimate of drug-likeness (QED) is 0.217. The van der Waals surface area contributed by atoms with E-state index in [0.717, 1.165) is 22.8 Å². The fourth-order valence-electron chi connectivity index (χ4n) is 2.77. The number of allylic oxidation sites excluding steroid dienone is 1. The molecule has 160 valence electrons. The van der Waals surface area contributed by atoms with Crippen molar-refractivity contribution in [3.63, 3.8) is 0 Å². The highest BCUT2D eigenvalue weighted by atomic mass is 32.2. The van der Waals surface area contributed by atoms with Crippen LogP contribution in [-0.4, -0.2) is 31.6 Å². The van der Waals surface area contributed by atoms with Crippen LogP contribution in [0.5, 0.6) is 0 Å². The second kappa shape index (κ2) is 11.1. The molecule has 0 spiro atoms. The van der Waals surface area contributed by atoms with E-state index < -0.39 is 5.25 Å². The molecule has 1 heterocycles. The predicted molar refractivity (Wildman–Crippen MR) is 126 cm³/mol. The first-order valence-electron chi connectivity index (χ1n) is 9.96. The van der Waals surface area contributed by atoms with Crippen molar-refractivity contribution >= 4 is 29.1 Å². The smallest absolute Gasteiger partial charge is 0.253 e. The Morgan fingerprint density at radius 3 is 2.52 bits per heavy atom. The van der Waals surface area contributed by atoms with Crippen molar-refractivity contribution in [3.8, 4) is 0 Å². The van der Waals surface area contributed by atoms with Gasteiger partial charge in [-0.2, -0.15) is 5.10 Å². The summed E-state index contributed by atoms with van der Waals surface area (Å²) in [5.74, 6) is 0.578. The van der Waals surface area contributed by atoms with Gasteiger partial charge in [0.15, 0.2) is 11.0 Å². The highest BCUT2D eigenvalue weighted by Gasteiger charge is 2.19. The van der Waals surface area contributed by atoms with Crippen LogP contribution in [0.2, 0.25) is 0 Å². The summed E-state index contributed by atoms with van der Waals surface area (Å²) in [5, 5.41) is 16.4. The van der Waals surface area contributed by atoms with E-state index in [2.05, 4.69) is 32.6 Å². The number of hydrogen-bond donors (Lipinski definition) is 2. The second-order valence-corrected chi connectivity index (χ2v) is 8.12. The number of benzene rings is 2. The molecule has 1 aromatic heterocycles. The Labute approximate surface area is 186 Å². The number of amides is 1. The van der Waals surface area contributed by atoms with Crippen LogP contribution in [0.1, 0.15) is 25.2 Å². The molecule has 0 fully saturated rings. The first-order chi connectivity index (χ1) is 15.1. The number of hydrogen-bond acceptors (Lipinski definition) is 6. The predicted octanol–water partition coefficient (Wildman–Crippen LogP) is 4.10. The molecule has 1 amide bonds. The summed E-state index contributed by atoms with van der Waals surface area (Å²) in [6.45, 7) is 8.58. The summed E-state index contributed by atoms with van der Waals surface area (Å²) < 4.78 is 1.95. The van der Waals surface area contributed by atoms with Crippen molar-refractivity contribution in [2.75, 3.05) is 5.32 Å². The Morgan fingerprint density at radius 2 is 1.84 bits per heavy atom. The zero-order valence-electron chi connectivity index (χ0n) is 17.7. The highest BCUT2D eigenvalue weighted by molar-refractivity contribution is 8.00. The molecule has 2 aromatic carbocycles. The number of thioether (sulfide) groups is 1. The van der Waals surface area contributed by atoms with E-state index in [9.17, 15) is 4.79 Å². The van der Waals surface area contributed by atoms with E-state index in [1.165, 1.54) is 11.8 Å².